The summed E-state index contributed by atoms with van der Waals surface area (Å²) in [6, 6.07) is 0. The van der Waals surface area contributed by atoms with Crippen LogP contribution in [-0.2, 0) is 101 Å². The summed E-state index contributed by atoms with van der Waals surface area (Å²) in [5, 5.41) is 114. The highest BCUT2D eigenvalue weighted by atomic mass is 32.3. The van der Waals surface area contributed by atoms with Crippen molar-refractivity contribution in [3.63, 3.8) is 0 Å². The molecule has 5 heterocycles. The number of aliphatic hydroxyl groups excluding tert-OH is 10. The zero-order chi connectivity index (χ0) is 66.5. The molecule has 37 heteroatoms. The number of hydrogen-bond donors (Lipinski definition) is 13. The van der Waals surface area contributed by atoms with E-state index >= 15 is 0 Å². The number of Topliss-reactive ketones (excluding diaryl/α,β-unsaturated/α-hetero) is 1. The fourth-order valence-corrected chi connectivity index (χ4v) is 17.1. The van der Waals surface area contributed by atoms with Crippen LogP contribution in [0, 0.1) is 39.4 Å². The molecule has 520 valence electrons. The normalized spacial score (nSPS) is 49.2. The van der Waals surface area contributed by atoms with Gasteiger partial charge >= 0.3 is 31.2 Å². The number of ether oxygens (including phenoxy) is 11. The topological polar surface area (TPSA) is 512 Å². The lowest BCUT2D eigenvalue weighted by molar-refractivity contribution is -0.402. The lowest BCUT2D eigenvalue weighted by Crippen LogP contribution is -2.68. The second-order valence-electron chi connectivity index (χ2n) is 26.4. The van der Waals surface area contributed by atoms with E-state index in [-0.39, 0.29) is 29.0 Å². The van der Waals surface area contributed by atoms with Crippen molar-refractivity contribution in [3.05, 3.63) is 11.6 Å². The van der Waals surface area contributed by atoms with Gasteiger partial charge in [-0.1, -0.05) is 46.3 Å². The van der Waals surface area contributed by atoms with Crippen molar-refractivity contribution in [3.8, 4) is 0 Å². The molecule has 90 heavy (non-hydrogen) atoms. The first kappa shape index (κ1) is 72.4. The van der Waals surface area contributed by atoms with E-state index in [1.807, 2.05) is 13.8 Å². The van der Waals surface area contributed by atoms with Crippen molar-refractivity contribution in [1.29, 1.82) is 0 Å². The van der Waals surface area contributed by atoms with E-state index in [0.717, 1.165) is 19.1 Å². The van der Waals surface area contributed by atoms with Gasteiger partial charge in [0.05, 0.1) is 44.7 Å². The van der Waals surface area contributed by atoms with E-state index in [0.29, 0.717) is 32.1 Å². The Morgan fingerprint density at radius 3 is 1.68 bits per heavy atom. The smallest absolute Gasteiger partial charge is 0.392 e. The molecule has 0 aromatic rings. The van der Waals surface area contributed by atoms with Gasteiger partial charge in [-0.05, 0) is 80.0 Å². The summed E-state index contributed by atoms with van der Waals surface area (Å²) in [6.07, 6.45) is -42.4. The molecule has 31 atom stereocenters. The van der Waals surface area contributed by atoms with Crippen molar-refractivity contribution < 1.29 is 159 Å². The van der Waals surface area contributed by atoms with E-state index in [2.05, 4.69) is 35.2 Å². The molecule has 0 bridgehead atoms. The molecule has 9 aliphatic rings. The zero-order valence-electron chi connectivity index (χ0n) is 50.4. The second kappa shape index (κ2) is 26.9. The lowest BCUT2D eigenvalue weighted by Gasteiger charge is -2.65. The van der Waals surface area contributed by atoms with Crippen LogP contribution in [0.1, 0.15) is 87.0 Å². The largest absolute Gasteiger partial charge is 0.397 e. The summed E-state index contributed by atoms with van der Waals surface area (Å²) in [5.74, 6) is -0.585. The Hall–Kier alpha value is -1.82. The molecule has 5 aliphatic heterocycles. The van der Waals surface area contributed by atoms with Crippen LogP contribution in [0.3, 0.4) is 0 Å². The third kappa shape index (κ3) is 14.2. The molecule has 8 fully saturated rings. The highest BCUT2D eigenvalue weighted by molar-refractivity contribution is 7.81. The maximum absolute atomic E-state index is 13.0. The van der Waals surface area contributed by atoms with Crippen molar-refractivity contribution in [2.45, 2.75) is 241 Å². The van der Waals surface area contributed by atoms with Crippen molar-refractivity contribution in [1.82, 2.24) is 0 Å². The van der Waals surface area contributed by atoms with Gasteiger partial charge in [-0.15, -0.1) is 0 Å². The molecule has 9 rings (SSSR count). The molecular weight excluding hydrogens is 1280 g/mol. The van der Waals surface area contributed by atoms with Gasteiger partial charge in [0, 0.05) is 18.9 Å². The molecular formula is C53H86O34S3. The van der Waals surface area contributed by atoms with Crippen LogP contribution in [-0.4, -0.2) is 283 Å². The first-order valence-corrected chi connectivity index (χ1v) is 33.7. The molecule has 0 radical (unpaired) electrons. The van der Waals surface area contributed by atoms with Crippen LogP contribution in [0.4, 0.5) is 0 Å². The Labute approximate surface area is 519 Å². The number of methoxy groups -OCH3 is 1. The summed E-state index contributed by atoms with van der Waals surface area (Å²) < 4.78 is 180. The van der Waals surface area contributed by atoms with Crippen LogP contribution in [0.2, 0.25) is 0 Å². The fraction of sp³-hybridized carbons (Fsp3) is 0.943. The number of aliphatic hydroxyl groups is 10. The summed E-state index contributed by atoms with van der Waals surface area (Å²) in [4.78, 5) is 13.0. The standard InChI is InChI=1S/C53H86O34S3/c1-20(54)22-9-14-53(7)31-23(10-13-52(22,53)6)51(5)12-11-30(50(3,4)29(51)15-24(31)55)82-48-44(40(26(57)17-76-48)87-90(71,72)73)86-49-43(85-45-35(61)32(58)25(56)16-75-45)36(62)39(21(2)79-49)83-47-38(64)42(34(60)28(81-47)19-78-89(68,69)70)84-46-37(63)41(74-8)33(59)27(80-46)18-77-88(65,66)67/h10,21-22,24-49,55-64H,9,11-19H2,1-8H3,(H,65,66,67)(H,68,69,70)(H,71,72,73)/t21-,22-,24+,25-,26-,27-,28-,29?,30+,31+,32+,33-,34-,35-,36+,37-,38-,39-,40+,41+,42+,43-,44-,45+,46+,47+,48+,49+,51-,52-,53+/m1/s1. The third-order valence-corrected chi connectivity index (χ3v) is 22.2. The summed E-state index contributed by atoms with van der Waals surface area (Å²) >= 11 is 0. The average molecular weight is 1360 g/mol. The van der Waals surface area contributed by atoms with Crippen LogP contribution >= 0.6 is 0 Å². The Bertz CT molecular complexity index is 2910. The maximum atomic E-state index is 13.0. The molecule has 0 aromatic heterocycles. The molecule has 3 saturated carbocycles. The van der Waals surface area contributed by atoms with E-state index < -0.39 is 227 Å². The average Bonchev–Trinajstić information content (AvgIpc) is 1.26. The first-order valence-electron chi connectivity index (χ1n) is 29.6. The summed E-state index contributed by atoms with van der Waals surface area (Å²) in [7, 11) is -15.0. The molecule has 13 N–H and O–H groups in total. The Morgan fingerprint density at radius 1 is 0.556 bits per heavy atom. The molecule has 0 spiro atoms. The third-order valence-electron chi connectivity index (χ3n) is 20.9. The number of ketones is 1. The van der Waals surface area contributed by atoms with Crippen molar-refractivity contribution in [2.75, 3.05) is 33.5 Å². The van der Waals surface area contributed by atoms with Gasteiger partial charge in [0.25, 0.3) is 0 Å². The van der Waals surface area contributed by atoms with Gasteiger partial charge in [0.15, 0.2) is 31.5 Å². The van der Waals surface area contributed by atoms with Crippen molar-refractivity contribution >= 4 is 37.0 Å². The second-order valence-corrected chi connectivity index (χ2v) is 29.7. The van der Waals surface area contributed by atoms with Crippen molar-refractivity contribution in [2.24, 2.45) is 39.4 Å². The van der Waals surface area contributed by atoms with Gasteiger partial charge in [-0.25, -0.2) is 12.5 Å². The van der Waals surface area contributed by atoms with Gasteiger partial charge < -0.3 is 103 Å². The Balaban J connectivity index is 1.01. The number of hydrogen-bond acceptors (Lipinski definition) is 31. The number of allylic oxidation sites excluding steroid dienone is 1. The quantitative estimate of drug-likeness (QED) is 0.0315. The van der Waals surface area contributed by atoms with Gasteiger partial charge in [-0.2, -0.15) is 25.3 Å². The van der Waals surface area contributed by atoms with E-state index in [4.69, 9.17) is 56.3 Å². The maximum Gasteiger partial charge on any atom is 0.397 e. The minimum atomic E-state index is -5.49. The van der Waals surface area contributed by atoms with Crippen LogP contribution in [0.5, 0.6) is 0 Å². The predicted molar refractivity (Wildman–Crippen MR) is 293 cm³/mol. The SMILES string of the molecule is CO[C@@H]1[C@@H](O)[C@H](O[C@@H]2[C@@H](O)[C@H](O[C@H]3[C@H](O)[C@@H](O[C@@H]4OC[C@@H](O)[C@H](O)[C@H]4O)[C@H](O[C@H]4[C@H](O[C@H]5CC[C@]6(C)C7=CC[C@]8(C)[C@@H](C(C)=O)CC[C@@]8(C)[C@@H]7[C@@H](O)CC6C5(C)C)OC[C@@H](O)[C@@H]4OS(=O)(=O)O)O[C@@H]3C)O[C@H](COS(=O)(=O)O)[C@H]2O)O[C@H](COS(=O)(=O)O)[C@H]1O. The molecule has 4 aliphatic carbocycles. The minimum Gasteiger partial charge on any atom is -0.392 e. The van der Waals surface area contributed by atoms with Gasteiger partial charge in [0.2, 0.25) is 0 Å². The number of fused-ring (bicyclic) bond motifs is 5. The molecule has 1 unspecified atom stereocenters. The monoisotopic (exact) mass is 1360 g/mol. The number of carbonyl (C=O) groups excluding carboxylic acids is 1. The fourth-order valence-electron chi connectivity index (χ4n) is 16.0. The summed E-state index contributed by atoms with van der Waals surface area (Å²) in [6.45, 7) is 9.46. The van der Waals surface area contributed by atoms with E-state index in [9.17, 15) is 94.8 Å². The van der Waals surface area contributed by atoms with Crippen LogP contribution in [0.25, 0.3) is 0 Å². The zero-order valence-corrected chi connectivity index (χ0v) is 52.9. The van der Waals surface area contributed by atoms with E-state index in [1.165, 1.54) is 6.92 Å². The van der Waals surface area contributed by atoms with E-state index in [1.54, 1.807) is 6.92 Å². The Kier molecular flexibility index (Phi) is 21.6. The summed E-state index contributed by atoms with van der Waals surface area (Å²) in [5.41, 5.74) is -1.03. The first-order chi connectivity index (χ1) is 41.7. The highest BCUT2D eigenvalue weighted by Gasteiger charge is 2.68. The predicted octanol–water partition coefficient (Wildman–Crippen LogP) is -3.93. The molecule has 34 nitrogen and oxygen atoms in total. The number of carbonyl (C=O) groups is 1. The highest BCUT2D eigenvalue weighted by Crippen LogP contribution is 2.72. The van der Waals surface area contributed by atoms with Crippen LogP contribution < -0.4 is 0 Å². The number of rotatable bonds is 20. The molecule has 5 saturated heterocycles. The molecule has 0 aromatic carbocycles. The minimum absolute atomic E-state index is 0.114. The Morgan fingerprint density at radius 2 is 1.10 bits per heavy atom. The van der Waals surface area contributed by atoms with Gasteiger partial charge in [-0.3, -0.25) is 18.5 Å². The van der Waals surface area contributed by atoms with Crippen LogP contribution in [0.15, 0.2) is 11.6 Å². The molecule has 0 amide bonds. The van der Waals surface area contributed by atoms with Gasteiger partial charge in [0.1, 0.15) is 110 Å². The lowest BCUT2D eigenvalue weighted by atomic mass is 9.40.